The summed E-state index contributed by atoms with van der Waals surface area (Å²) in [4.78, 5) is 19.2. The Morgan fingerprint density at radius 2 is 2.27 bits per heavy atom. The Morgan fingerprint density at radius 3 is 3.04 bits per heavy atom. The molecule has 1 aromatic carbocycles. The summed E-state index contributed by atoms with van der Waals surface area (Å²) in [5, 5.41) is 6.09. The number of hydroxylamine groups is 1. The zero-order valence-corrected chi connectivity index (χ0v) is 15.8. The highest BCUT2D eigenvalue weighted by molar-refractivity contribution is 7.20. The van der Waals surface area contributed by atoms with E-state index < -0.39 is 0 Å². The molecular formula is C18H18ClN3O3S. The van der Waals surface area contributed by atoms with Crippen LogP contribution in [0.5, 0.6) is 0 Å². The molecule has 0 spiro atoms. The Hall–Kier alpha value is -1.93. The molecule has 26 heavy (non-hydrogen) atoms. The van der Waals surface area contributed by atoms with Crippen molar-refractivity contribution in [1.82, 2.24) is 15.3 Å². The number of nitrogens with one attached hydrogen (secondary N) is 1. The number of carbonyl (C=O) groups is 1. The molecule has 1 atom stereocenters. The number of ether oxygens (including phenoxy) is 1. The third-order valence-corrected chi connectivity index (χ3v) is 5.70. The van der Waals surface area contributed by atoms with Crippen LogP contribution in [0.2, 0.25) is 5.02 Å². The van der Waals surface area contributed by atoms with Gasteiger partial charge in [-0.3, -0.25) is 4.79 Å². The number of carbonyl (C=O) groups excluding carboxylic acids is 1. The fourth-order valence-corrected chi connectivity index (χ4v) is 4.20. The second-order valence-corrected chi connectivity index (χ2v) is 7.56. The maximum Gasteiger partial charge on any atom is 0.285 e. The summed E-state index contributed by atoms with van der Waals surface area (Å²) in [7, 11) is 0. The summed E-state index contributed by atoms with van der Waals surface area (Å²) in [5.74, 6) is -0.287. The molecule has 0 radical (unpaired) electrons. The molecule has 4 rings (SSSR count). The lowest BCUT2D eigenvalue weighted by Crippen LogP contribution is -2.32. The molecular weight excluding hydrogens is 374 g/mol. The van der Waals surface area contributed by atoms with Crippen molar-refractivity contribution < 1.29 is 14.4 Å². The van der Waals surface area contributed by atoms with Crippen LogP contribution in [0, 0.1) is 6.92 Å². The zero-order chi connectivity index (χ0) is 18.1. The van der Waals surface area contributed by atoms with E-state index >= 15 is 0 Å². The van der Waals surface area contributed by atoms with Crippen molar-refractivity contribution in [2.75, 3.05) is 6.61 Å². The van der Waals surface area contributed by atoms with Gasteiger partial charge < -0.3 is 4.74 Å². The van der Waals surface area contributed by atoms with E-state index in [-0.39, 0.29) is 12.2 Å². The maximum atomic E-state index is 12.4. The van der Waals surface area contributed by atoms with Gasteiger partial charge in [0, 0.05) is 18.4 Å². The van der Waals surface area contributed by atoms with Crippen LogP contribution >= 0.6 is 22.9 Å². The molecule has 136 valence electrons. The average Bonchev–Trinajstić information content (AvgIpc) is 3.22. The number of amides is 1. The molecule has 1 aliphatic heterocycles. The molecule has 3 aromatic rings. The lowest BCUT2D eigenvalue weighted by atomic mass is 10.2. The van der Waals surface area contributed by atoms with E-state index in [9.17, 15) is 4.79 Å². The molecule has 1 N–H and O–H groups in total. The summed E-state index contributed by atoms with van der Waals surface area (Å²) in [5.41, 5.74) is 4.12. The molecule has 0 saturated carbocycles. The van der Waals surface area contributed by atoms with E-state index in [2.05, 4.69) is 10.6 Å². The van der Waals surface area contributed by atoms with Gasteiger partial charge in [-0.05, 0) is 38.0 Å². The number of para-hydroxylation sites is 1. The molecule has 3 heterocycles. The van der Waals surface area contributed by atoms with Crippen LogP contribution in [0.15, 0.2) is 30.3 Å². The number of hydrogen-bond donors (Lipinski definition) is 1. The Kier molecular flexibility index (Phi) is 4.95. The predicted molar refractivity (Wildman–Crippen MR) is 101 cm³/mol. The topological polar surface area (TPSA) is 65.4 Å². The minimum Gasteiger partial charge on any atom is -0.350 e. The summed E-state index contributed by atoms with van der Waals surface area (Å²) < 4.78 is 7.23. The summed E-state index contributed by atoms with van der Waals surface area (Å²) in [6.07, 6.45) is 2.48. The molecule has 2 aromatic heterocycles. The third-order valence-electron chi connectivity index (χ3n) is 4.27. The number of fused-ring (bicyclic) bond motifs is 1. The minimum absolute atomic E-state index is 0.287. The van der Waals surface area contributed by atoms with E-state index in [1.165, 1.54) is 11.3 Å². The van der Waals surface area contributed by atoms with Crippen molar-refractivity contribution in [2.24, 2.45) is 0 Å². The Morgan fingerprint density at radius 1 is 1.42 bits per heavy atom. The van der Waals surface area contributed by atoms with Gasteiger partial charge in [-0.2, -0.15) is 5.10 Å². The van der Waals surface area contributed by atoms with Crippen molar-refractivity contribution in [2.45, 2.75) is 32.5 Å². The van der Waals surface area contributed by atoms with E-state index in [0.29, 0.717) is 16.5 Å². The van der Waals surface area contributed by atoms with Gasteiger partial charge in [0.25, 0.3) is 5.91 Å². The number of halogens is 1. The van der Waals surface area contributed by atoms with Crippen molar-refractivity contribution >= 4 is 39.1 Å². The van der Waals surface area contributed by atoms with Gasteiger partial charge in [0.1, 0.15) is 4.83 Å². The van der Waals surface area contributed by atoms with E-state index in [1.807, 2.05) is 37.3 Å². The maximum absolute atomic E-state index is 12.4. The van der Waals surface area contributed by atoms with Crippen LogP contribution in [0.1, 0.15) is 34.6 Å². The van der Waals surface area contributed by atoms with Gasteiger partial charge in [-0.15, -0.1) is 11.3 Å². The van der Waals surface area contributed by atoms with Crippen LogP contribution in [0.4, 0.5) is 0 Å². The quantitative estimate of drug-likeness (QED) is 0.675. The zero-order valence-electron chi connectivity index (χ0n) is 14.2. The second-order valence-electron chi connectivity index (χ2n) is 6.12. The molecule has 6 nitrogen and oxygen atoms in total. The van der Waals surface area contributed by atoms with Gasteiger partial charge in [0.05, 0.1) is 21.3 Å². The first-order valence-electron chi connectivity index (χ1n) is 8.45. The first kappa shape index (κ1) is 17.5. The van der Waals surface area contributed by atoms with Crippen LogP contribution in [-0.4, -0.2) is 28.6 Å². The molecule has 8 heteroatoms. The number of aromatic nitrogens is 2. The van der Waals surface area contributed by atoms with Crippen molar-refractivity contribution in [1.29, 1.82) is 0 Å². The number of nitrogens with zero attached hydrogens (tertiary/aromatic N) is 2. The highest BCUT2D eigenvalue weighted by Gasteiger charge is 2.20. The largest absolute Gasteiger partial charge is 0.350 e. The number of thiophene rings is 1. The fraction of sp³-hybridized carbons (Fsp3) is 0.333. The minimum atomic E-state index is -0.373. The molecule has 0 bridgehead atoms. The van der Waals surface area contributed by atoms with Crippen molar-refractivity contribution in [3.8, 4) is 5.69 Å². The first-order chi connectivity index (χ1) is 12.6. The van der Waals surface area contributed by atoms with Gasteiger partial charge in [0.15, 0.2) is 6.29 Å². The molecule has 1 fully saturated rings. The highest BCUT2D eigenvalue weighted by Crippen LogP contribution is 2.32. The monoisotopic (exact) mass is 391 g/mol. The van der Waals surface area contributed by atoms with E-state index in [1.54, 1.807) is 4.68 Å². The molecule has 1 amide bonds. The van der Waals surface area contributed by atoms with Gasteiger partial charge in [-0.25, -0.2) is 15.0 Å². The number of rotatable bonds is 4. The lowest BCUT2D eigenvalue weighted by molar-refractivity contribution is -0.186. The Balaban J connectivity index is 1.58. The third kappa shape index (κ3) is 3.35. The number of aryl methyl sites for hydroxylation is 1. The predicted octanol–water partition coefficient (Wildman–Crippen LogP) is 4.24. The molecule has 1 aliphatic rings. The van der Waals surface area contributed by atoms with Crippen LogP contribution in [-0.2, 0) is 9.57 Å². The standard InChI is InChI=1S/C18H18ClN3O3S/c1-11-12-10-15(17(23)21-25-16-8-4-5-9-24-16)26-18(12)22(20-11)14-7-3-2-6-13(14)19/h2-3,6-7,10,16H,4-5,8-9H2,1H3,(H,21,23). The van der Waals surface area contributed by atoms with Crippen LogP contribution in [0.3, 0.4) is 0 Å². The van der Waals surface area contributed by atoms with E-state index in [4.69, 9.17) is 21.2 Å². The number of hydrogen-bond acceptors (Lipinski definition) is 5. The normalized spacial score (nSPS) is 17.5. The van der Waals surface area contributed by atoms with Crippen molar-refractivity contribution in [3.63, 3.8) is 0 Å². The molecule has 1 unspecified atom stereocenters. The first-order valence-corrected chi connectivity index (χ1v) is 9.64. The Labute approximate surface area is 159 Å². The second kappa shape index (κ2) is 7.36. The van der Waals surface area contributed by atoms with Gasteiger partial charge in [0.2, 0.25) is 0 Å². The van der Waals surface area contributed by atoms with Gasteiger partial charge >= 0.3 is 0 Å². The van der Waals surface area contributed by atoms with Crippen LogP contribution < -0.4 is 5.48 Å². The fourth-order valence-electron chi connectivity index (χ4n) is 2.92. The van der Waals surface area contributed by atoms with Gasteiger partial charge in [-0.1, -0.05) is 23.7 Å². The summed E-state index contributed by atoms with van der Waals surface area (Å²) in [6, 6.07) is 9.33. The summed E-state index contributed by atoms with van der Waals surface area (Å²) in [6.45, 7) is 2.58. The van der Waals surface area contributed by atoms with Crippen molar-refractivity contribution in [3.05, 3.63) is 45.9 Å². The number of benzene rings is 1. The summed E-state index contributed by atoms with van der Waals surface area (Å²) >= 11 is 7.66. The highest BCUT2D eigenvalue weighted by atomic mass is 35.5. The SMILES string of the molecule is Cc1nn(-c2ccccc2Cl)c2sc(C(=O)NOC3CCCCO3)cc12. The Bertz CT molecular complexity index is 946. The molecule has 1 saturated heterocycles. The smallest absolute Gasteiger partial charge is 0.285 e. The molecule has 0 aliphatic carbocycles. The average molecular weight is 392 g/mol. The van der Waals surface area contributed by atoms with E-state index in [0.717, 1.165) is 40.9 Å². The van der Waals surface area contributed by atoms with Crippen LogP contribution in [0.25, 0.3) is 15.9 Å². The lowest BCUT2D eigenvalue weighted by Gasteiger charge is -2.21.